The zero-order valence-corrected chi connectivity index (χ0v) is 16.8. The zero-order valence-electron chi connectivity index (χ0n) is 16.8. The highest BCUT2D eigenvalue weighted by atomic mass is 19.1. The summed E-state index contributed by atoms with van der Waals surface area (Å²) in [5, 5.41) is 4.21. The molecule has 4 nitrogen and oxygen atoms in total. The normalized spacial score (nSPS) is 18.0. The number of halogens is 1. The highest BCUT2D eigenvalue weighted by Gasteiger charge is 2.43. The molecular formula is C25H22FNO3. The Morgan fingerprint density at radius 1 is 0.933 bits per heavy atom. The zero-order chi connectivity index (χ0) is 21.1. The van der Waals surface area contributed by atoms with E-state index >= 15 is 0 Å². The van der Waals surface area contributed by atoms with Crippen molar-refractivity contribution in [1.29, 1.82) is 0 Å². The molecule has 2 atom stereocenters. The molecular weight excluding hydrogens is 381 g/mol. The Labute approximate surface area is 174 Å². The fraction of sp³-hybridized carbons (Fsp3) is 0.200. The summed E-state index contributed by atoms with van der Waals surface area (Å²) in [5.74, 6) is 0.195. The van der Waals surface area contributed by atoms with Crippen molar-refractivity contribution in [3.63, 3.8) is 0 Å². The molecule has 0 aromatic heterocycles. The smallest absolute Gasteiger partial charge is 0.365 e. The number of methoxy groups -OCH3 is 1. The monoisotopic (exact) mass is 403 g/mol. The van der Waals surface area contributed by atoms with Crippen LogP contribution in [-0.4, -0.2) is 18.8 Å². The summed E-state index contributed by atoms with van der Waals surface area (Å²) in [4.78, 5) is 17.7. The molecule has 1 fully saturated rings. The van der Waals surface area contributed by atoms with Crippen LogP contribution >= 0.6 is 0 Å². The molecule has 0 saturated heterocycles. The highest BCUT2D eigenvalue weighted by Crippen LogP contribution is 2.49. The first-order valence-corrected chi connectivity index (χ1v) is 9.81. The summed E-state index contributed by atoms with van der Waals surface area (Å²) in [6.45, 7) is 2.05. The van der Waals surface area contributed by atoms with Gasteiger partial charge in [0.1, 0.15) is 11.6 Å². The van der Waals surface area contributed by atoms with Gasteiger partial charge in [-0.25, -0.2) is 9.18 Å². The molecule has 1 aliphatic carbocycles. The lowest BCUT2D eigenvalue weighted by Crippen LogP contribution is -2.09. The third-order valence-corrected chi connectivity index (χ3v) is 5.34. The van der Waals surface area contributed by atoms with Crippen LogP contribution in [0.5, 0.6) is 5.75 Å². The molecule has 0 heterocycles. The molecule has 0 bridgehead atoms. The first-order valence-electron chi connectivity index (χ1n) is 9.81. The summed E-state index contributed by atoms with van der Waals surface area (Å²) in [6.07, 6.45) is 0.902. The summed E-state index contributed by atoms with van der Waals surface area (Å²) in [7, 11) is 1.56. The molecule has 2 unspecified atom stereocenters. The number of carbonyl (C=O) groups excluding carboxylic acids is 1. The van der Waals surface area contributed by atoms with E-state index in [9.17, 15) is 9.18 Å². The predicted octanol–water partition coefficient (Wildman–Crippen LogP) is 5.51. The van der Waals surface area contributed by atoms with Gasteiger partial charge in [-0.15, -0.1) is 0 Å². The van der Waals surface area contributed by atoms with Gasteiger partial charge >= 0.3 is 5.97 Å². The Morgan fingerprint density at radius 3 is 2.20 bits per heavy atom. The maximum atomic E-state index is 13.4. The molecule has 1 aliphatic rings. The largest absolute Gasteiger partial charge is 0.497 e. The van der Waals surface area contributed by atoms with Gasteiger partial charge in [0.25, 0.3) is 0 Å². The van der Waals surface area contributed by atoms with Crippen molar-refractivity contribution in [3.8, 4) is 5.75 Å². The number of carbonyl (C=O) groups is 1. The van der Waals surface area contributed by atoms with Crippen LogP contribution in [0, 0.1) is 18.7 Å². The molecule has 0 N–H and O–H groups in total. The molecule has 3 aromatic carbocycles. The number of benzene rings is 3. The lowest BCUT2D eigenvalue weighted by atomic mass is 10.0. The SMILES string of the molecule is COc1ccc(C(=O)O/N=C(/c2ccc(F)cc2)C2CC2c2ccc(C)cc2)cc1. The standard InChI is InChI=1S/C25H22FNO3/c1-16-3-5-17(6-4-16)22-15-23(22)24(18-7-11-20(26)12-8-18)27-30-25(28)19-9-13-21(29-2)14-10-19/h3-14,22-23H,15H2,1-2H3/b27-24-. The van der Waals surface area contributed by atoms with E-state index in [1.54, 1.807) is 43.5 Å². The number of oxime groups is 1. The highest BCUT2D eigenvalue weighted by molar-refractivity contribution is 6.04. The summed E-state index contributed by atoms with van der Waals surface area (Å²) in [5.41, 5.74) is 4.21. The Morgan fingerprint density at radius 2 is 1.57 bits per heavy atom. The number of ether oxygens (including phenoxy) is 1. The van der Waals surface area contributed by atoms with E-state index < -0.39 is 5.97 Å². The van der Waals surface area contributed by atoms with Crippen molar-refractivity contribution in [2.45, 2.75) is 19.3 Å². The van der Waals surface area contributed by atoms with Crippen LogP contribution in [0.15, 0.2) is 78.0 Å². The van der Waals surface area contributed by atoms with Crippen molar-refractivity contribution in [3.05, 3.63) is 101 Å². The van der Waals surface area contributed by atoms with Crippen molar-refractivity contribution in [2.75, 3.05) is 7.11 Å². The molecule has 1 saturated carbocycles. The van der Waals surface area contributed by atoms with Crippen LogP contribution < -0.4 is 4.74 Å². The first-order chi connectivity index (χ1) is 14.5. The van der Waals surface area contributed by atoms with Gasteiger partial charge in [-0.2, -0.15) is 0 Å². The van der Waals surface area contributed by atoms with Crippen LogP contribution in [0.1, 0.15) is 39.4 Å². The topological polar surface area (TPSA) is 47.9 Å². The van der Waals surface area contributed by atoms with Gasteiger partial charge in [0.2, 0.25) is 0 Å². The van der Waals surface area contributed by atoms with Gasteiger partial charge in [-0.3, -0.25) is 0 Å². The molecule has 0 aliphatic heterocycles. The summed E-state index contributed by atoms with van der Waals surface area (Å²) in [6, 6.07) is 21.1. The lowest BCUT2D eigenvalue weighted by Gasteiger charge is -2.08. The van der Waals surface area contributed by atoms with E-state index in [0.29, 0.717) is 22.9 Å². The summed E-state index contributed by atoms with van der Waals surface area (Å²) >= 11 is 0. The molecule has 0 spiro atoms. The van der Waals surface area contributed by atoms with Crippen LogP contribution in [-0.2, 0) is 4.84 Å². The van der Waals surface area contributed by atoms with E-state index in [4.69, 9.17) is 9.57 Å². The van der Waals surface area contributed by atoms with E-state index in [-0.39, 0.29) is 11.7 Å². The van der Waals surface area contributed by atoms with Gasteiger partial charge in [0.15, 0.2) is 0 Å². The van der Waals surface area contributed by atoms with Crippen LogP contribution in [0.2, 0.25) is 0 Å². The third kappa shape index (κ3) is 4.40. The third-order valence-electron chi connectivity index (χ3n) is 5.34. The lowest BCUT2D eigenvalue weighted by molar-refractivity contribution is 0.0515. The Balaban J connectivity index is 1.56. The van der Waals surface area contributed by atoms with Gasteiger partial charge in [0.05, 0.1) is 18.4 Å². The van der Waals surface area contributed by atoms with Gasteiger partial charge in [-0.1, -0.05) is 47.1 Å². The second-order valence-electron chi connectivity index (χ2n) is 7.45. The number of aryl methyl sites for hydroxylation is 1. The van der Waals surface area contributed by atoms with Crippen LogP contribution in [0.4, 0.5) is 4.39 Å². The minimum absolute atomic E-state index is 0.113. The maximum Gasteiger partial charge on any atom is 0.365 e. The van der Waals surface area contributed by atoms with Crippen molar-refractivity contribution in [2.24, 2.45) is 11.1 Å². The Kier molecular flexibility index (Phi) is 5.61. The minimum atomic E-state index is -0.551. The summed E-state index contributed by atoms with van der Waals surface area (Å²) < 4.78 is 18.5. The van der Waals surface area contributed by atoms with Gasteiger partial charge < -0.3 is 9.57 Å². The van der Waals surface area contributed by atoms with E-state index in [1.165, 1.54) is 23.3 Å². The second kappa shape index (κ2) is 8.49. The Bertz CT molecular complexity index is 1060. The Hall–Kier alpha value is -3.47. The van der Waals surface area contributed by atoms with Crippen molar-refractivity contribution >= 4 is 11.7 Å². The fourth-order valence-corrected chi connectivity index (χ4v) is 3.50. The van der Waals surface area contributed by atoms with E-state index in [2.05, 4.69) is 36.3 Å². The van der Waals surface area contributed by atoms with Gasteiger partial charge in [-0.05, 0) is 66.8 Å². The number of hydrogen-bond donors (Lipinski definition) is 0. The molecule has 3 aromatic rings. The molecule has 0 radical (unpaired) electrons. The minimum Gasteiger partial charge on any atom is -0.497 e. The number of nitrogens with zero attached hydrogens (tertiary/aromatic N) is 1. The quantitative estimate of drug-likeness (QED) is 0.310. The molecule has 30 heavy (non-hydrogen) atoms. The molecule has 5 heteroatoms. The van der Waals surface area contributed by atoms with E-state index in [1.807, 2.05) is 0 Å². The van der Waals surface area contributed by atoms with Crippen molar-refractivity contribution < 1.29 is 18.8 Å². The predicted molar refractivity (Wildman–Crippen MR) is 113 cm³/mol. The average molecular weight is 403 g/mol. The fourth-order valence-electron chi connectivity index (χ4n) is 3.50. The molecule has 4 rings (SSSR count). The molecule has 0 amide bonds. The number of hydrogen-bond acceptors (Lipinski definition) is 4. The number of rotatable bonds is 6. The van der Waals surface area contributed by atoms with Gasteiger partial charge in [0, 0.05) is 5.92 Å². The molecule has 152 valence electrons. The first kappa shape index (κ1) is 19.8. The average Bonchev–Trinajstić information content (AvgIpc) is 3.56. The van der Waals surface area contributed by atoms with Crippen LogP contribution in [0.25, 0.3) is 0 Å². The van der Waals surface area contributed by atoms with Crippen molar-refractivity contribution in [1.82, 2.24) is 0 Å². The van der Waals surface area contributed by atoms with Crippen LogP contribution in [0.3, 0.4) is 0 Å². The maximum absolute atomic E-state index is 13.4. The van der Waals surface area contributed by atoms with E-state index in [0.717, 1.165) is 12.0 Å². The second-order valence-corrected chi connectivity index (χ2v) is 7.45.